The molecule has 1 unspecified atom stereocenters. The van der Waals surface area contributed by atoms with Crippen molar-refractivity contribution in [1.82, 2.24) is 18.7 Å². The van der Waals surface area contributed by atoms with Gasteiger partial charge in [-0.15, -0.1) is 0 Å². The Kier molecular flexibility index (Phi) is 6.49. The van der Waals surface area contributed by atoms with Gasteiger partial charge in [-0.05, 0) is 43.3 Å². The number of ether oxygens (including phenoxy) is 2. The van der Waals surface area contributed by atoms with Crippen molar-refractivity contribution in [3.8, 4) is 11.5 Å². The number of carbonyl (C=O) groups is 2. The molecular weight excluding hydrogens is 454 g/mol. The maximum atomic E-state index is 12.5. The summed E-state index contributed by atoms with van der Waals surface area (Å²) < 4.78 is 14.4. The minimum atomic E-state index is -1.09. The van der Waals surface area contributed by atoms with Gasteiger partial charge in [0.2, 0.25) is 0 Å². The van der Waals surface area contributed by atoms with Crippen LogP contribution in [-0.4, -0.2) is 36.7 Å². The molecule has 0 fully saturated rings. The van der Waals surface area contributed by atoms with Gasteiger partial charge in [0.05, 0.1) is 6.33 Å². The number of para-hydroxylation sites is 1. The summed E-state index contributed by atoms with van der Waals surface area (Å²) in [4.78, 5) is 53.5. The van der Waals surface area contributed by atoms with E-state index in [2.05, 4.69) is 10.3 Å². The summed E-state index contributed by atoms with van der Waals surface area (Å²) in [5, 5.41) is 2.67. The molecule has 4 rings (SSSR count). The summed E-state index contributed by atoms with van der Waals surface area (Å²) in [6, 6.07) is 16.0. The van der Waals surface area contributed by atoms with Crippen molar-refractivity contribution in [2.45, 2.75) is 19.6 Å². The number of amides is 1. The first-order chi connectivity index (χ1) is 16.7. The molecule has 0 saturated carbocycles. The van der Waals surface area contributed by atoms with Crippen molar-refractivity contribution in [3.05, 3.63) is 81.8 Å². The first kappa shape index (κ1) is 23.5. The van der Waals surface area contributed by atoms with Crippen LogP contribution in [0.25, 0.3) is 11.2 Å². The van der Waals surface area contributed by atoms with E-state index in [9.17, 15) is 19.2 Å². The van der Waals surface area contributed by atoms with Crippen LogP contribution in [0.15, 0.2) is 70.5 Å². The van der Waals surface area contributed by atoms with E-state index in [0.717, 1.165) is 4.57 Å². The molecule has 0 saturated heterocycles. The number of imidazole rings is 1. The zero-order valence-electron chi connectivity index (χ0n) is 19.3. The summed E-state index contributed by atoms with van der Waals surface area (Å²) in [5.74, 6) is 0.0267. The smallest absolute Gasteiger partial charge is 0.332 e. The van der Waals surface area contributed by atoms with Gasteiger partial charge in [0, 0.05) is 19.8 Å². The minimum Gasteiger partial charge on any atom is -0.457 e. The summed E-state index contributed by atoms with van der Waals surface area (Å²) in [6.07, 6.45) is 0.182. The van der Waals surface area contributed by atoms with Crippen LogP contribution in [0.2, 0.25) is 0 Å². The number of hydrogen-bond donors (Lipinski definition) is 1. The number of carbonyl (C=O) groups excluding carboxylic acids is 2. The average Bonchev–Trinajstić information content (AvgIpc) is 3.26. The number of benzene rings is 2. The van der Waals surface area contributed by atoms with E-state index >= 15 is 0 Å². The molecule has 11 heteroatoms. The molecule has 35 heavy (non-hydrogen) atoms. The lowest BCUT2D eigenvalue weighted by atomic mass is 10.2. The van der Waals surface area contributed by atoms with Crippen molar-refractivity contribution >= 4 is 28.7 Å². The first-order valence-electron chi connectivity index (χ1n) is 10.7. The highest BCUT2D eigenvalue weighted by Crippen LogP contribution is 2.22. The van der Waals surface area contributed by atoms with Gasteiger partial charge in [0.25, 0.3) is 11.5 Å². The monoisotopic (exact) mass is 477 g/mol. The number of rotatable bonds is 7. The number of anilines is 1. The highest BCUT2D eigenvalue weighted by atomic mass is 16.5. The van der Waals surface area contributed by atoms with Gasteiger partial charge in [0.15, 0.2) is 17.3 Å². The second-order valence-corrected chi connectivity index (χ2v) is 7.81. The van der Waals surface area contributed by atoms with E-state index in [0.29, 0.717) is 17.2 Å². The second-order valence-electron chi connectivity index (χ2n) is 7.81. The van der Waals surface area contributed by atoms with Gasteiger partial charge in [-0.3, -0.25) is 23.5 Å². The molecule has 0 aliphatic carbocycles. The Morgan fingerprint density at radius 2 is 1.63 bits per heavy atom. The third kappa shape index (κ3) is 4.98. The molecule has 2 aromatic carbocycles. The SMILES string of the molecule is CC(OC(=O)Cn1cnc2c1c(=O)n(C)c(=O)n2C)C(=O)Nc1ccc(Oc2ccccc2)cc1. The molecule has 0 bridgehead atoms. The number of nitrogens with one attached hydrogen (secondary N) is 1. The number of esters is 1. The topological polar surface area (TPSA) is 126 Å². The van der Waals surface area contributed by atoms with Gasteiger partial charge in [-0.1, -0.05) is 18.2 Å². The molecule has 180 valence electrons. The molecule has 2 heterocycles. The molecule has 0 aliphatic heterocycles. The predicted octanol–water partition coefficient (Wildman–Crippen LogP) is 1.80. The van der Waals surface area contributed by atoms with Crippen LogP contribution in [0.3, 0.4) is 0 Å². The Morgan fingerprint density at radius 3 is 2.31 bits per heavy atom. The quantitative estimate of drug-likeness (QED) is 0.402. The lowest BCUT2D eigenvalue weighted by molar-refractivity contribution is -0.153. The van der Waals surface area contributed by atoms with Crippen molar-refractivity contribution in [2.24, 2.45) is 14.1 Å². The summed E-state index contributed by atoms with van der Waals surface area (Å²) in [6.45, 7) is 1.09. The van der Waals surface area contributed by atoms with Gasteiger partial charge in [-0.25, -0.2) is 9.78 Å². The fourth-order valence-electron chi connectivity index (χ4n) is 3.42. The number of aromatic nitrogens is 4. The normalized spacial score (nSPS) is 11.7. The number of hydrogen-bond acceptors (Lipinski definition) is 7. The molecule has 2 aromatic heterocycles. The zero-order chi connectivity index (χ0) is 25.1. The van der Waals surface area contributed by atoms with Crippen molar-refractivity contribution in [1.29, 1.82) is 0 Å². The van der Waals surface area contributed by atoms with Crippen molar-refractivity contribution in [2.75, 3.05) is 5.32 Å². The van der Waals surface area contributed by atoms with Crippen LogP contribution in [-0.2, 0) is 35.0 Å². The van der Waals surface area contributed by atoms with E-state index in [1.165, 1.54) is 36.5 Å². The molecule has 1 atom stereocenters. The fourth-order valence-corrected chi connectivity index (χ4v) is 3.42. The Morgan fingerprint density at radius 1 is 0.971 bits per heavy atom. The Hall–Kier alpha value is -4.67. The third-order valence-electron chi connectivity index (χ3n) is 5.29. The zero-order valence-corrected chi connectivity index (χ0v) is 19.3. The fraction of sp³-hybridized carbons (Fsp3) is 0.208. The maximum absolute atomic E-state index is 12.5. The standard InChI is InChI=1S/C24H23N5O6/c1-15(22(31)26-16-9-11-18(12-10-16)35-17-7-5-4-6-8-17)34-19(30)13-29-14-25-21-20(29)23(32)28(3)24(33)27(21)2/h4-12,14-15H,13H2,1-3H3,(H,26,31). The molecule has 0 radical (unpaired) electrons. The van der Waals surface area contributed by atoms with Crippen molar-refractivity contribution in [3.63, 3.8) is 0 Å². The molecule has 11 nitrogen and oxygen atoms in total. The number of nitrogens with zero attached hydrogens (tertiary/aromatic N) is 4. The van der Waals surface area contributed by atoms with E-state index < -0.39 is 29.2 Å². The average molecular weight is 477 g/mol. The molecule has 4 aromatic rings. The Bertz CT molecular complexity index is 1500. The molecular formula is C24H23N5O6. The van der Waals surface area contributed by atoms with E-state index in [1.54, 1.807) is 24.3 Å². The summed E-state index contributed by atoms with van der Waals surface area (Å²) in [5.41, 5.74) is -0.375. The maximum Gasteiger partial charge on any atom is 0.332 e. The molecule has 1 N–H and O–H groups in total. The van der Waals surface area contributed by atoms with Gasteiger partial charge in [-0.2, -0.15) is 0 Å². The molecule has 1 amide bonds. The van der Waals surface area contributed by atoms with Gasteiger partial charge in [0.1, 0.15) is 18.0 Å². The Labute approximate surface area is 199 Å². The van der Waals surface area contributed by atoms with E-state index in [-0.39, 0.29) is 17.7 Å². The molecule has 0 spiro atoms. The van der Waals surface area contributed by atoms with Crippen LogP contribution >= 0.6 is 0 Å². The lowest BCUT2D eigenvalue weighted by Gasteiger charge is -2.14. The third-order valence-corrected chi connectivity index (χ3v) is 5.29. The lowest BCUT2D eigenvalue weighted by Crippen LogP contribution is -2.38. The van der Waals surface area contributed by atoms with Gasteiger partial charge >= 0.3 is 11.7 Å². The van der Waals surface area contributed by atoms with E-state index in [4.69, 9.17) is 9.47 Å². The van der Waals surface area contributed by atoms with Crippen molar-refractivity contribution < 1.29 is 19.1 Å². The van der Waals surface area contributed by atoms with Gasteiger partial charge < -0.3 is 19.4 Å². The molecule has 0 aliphatic rings. The largest absolute Gasteiger partial charge is 0.457 e. The van der Waals surface area contributed by atoms with Crippen LogP contribution in [0.4, 0.5) is 5.69 Å². The van der Waals surface area contributed by atoms with Crippen LogP contribution in [0.5, 0.6) is 11.5 Å². The van der Waals surface area contributed by atoms with Crippen LogP contribution in [0.1, 0.15) is 6.92 Å². The number of fused-ring (bicyclic) bond motifs is 1. The highest BCUT2D eigenvalue weighted by molar-refractivity contribution is 5.95. The minimum absolute atomic E-state index is 0.0847. The highest BCUT2D eigenvalue weighted by Gasteiger charge is 2.21. The Balaban J connectivity index is 1.37. The summed E-state index contributed by atoms with van der Waals surface area (Å²) in [7, 11) is 2.82. The van der Waals surface area contributed by atoms with E-state index in [1.807, 2.05) is 30.3 Å². The predicted molar refractivity (Wildman–Crippen MR) is 127 cm³/mol. The first-order valence-corrected chi connectivity index (χ1v) is 10.7. The number of aryl methyl sites for hydroxylation is 1. The van der Waals surface area contributed by atoms with Crippen LogP contribution < -0.4 is 21.3 Å². The summed E-state index contributed by atoms with van der Waals surface area (Å²) >= 11 is 0. The second kappa shape index (κ2) is 9.67. The van der Waals surface area contributed by atoms with Crippen LogP contribution in [0, 0.1) is 0 Å².